The monoisotopic (exact) mass is 400 g/mol. The van der Waals surface area contributed by atoms with Crippen LogP contribution in [0.2, 0.25) is 0 Å². The molecule has 0 radical (unpaired) electrons. The normalized spacial score (nSPS) is 15.8. The minimum absolute atomic E-state index is 0.0218. The molecule has 3 rings (SSSR count). The second kappa shape index (κ2) is 7.61. The summed E-state index contributed by atoms with van der Waals surface area (Å²) >= 11 is 3.34. The number of piperazine rings is 1. The van der Waals surface area contributed by atoms with Crippen LogP contribution in [0, 0.1) is 0 Å². The van der Waals surface area contributed by atoms with Gasteiger partial charge in [0.15, 0.2) is 0 Å². The molecule has 0 N–H and O–H groups in total. The van der Waals surface area contributed by atoms with Crippen molar-refractivity contribution in [3.63, 3.8) is 0 Å². The van der Waals surface area contributed by atoms with Crippen LogP contribution in [-0.4, -0.2) is 47.5 Å². The molecule has 0 spiro atoms. The third-order valence-electron chi connectivity index (χ3n) is 4.24. The quantitative estimate of drug-likeness (QED) is 0.741. The molecule has 0 bridgehead atoms. The molecule has 2 aromatic carbocycles. The summed E-state index contributed by atoms with van der Waals surface area (Å²) in [4.78, 5) is 39.7. The Hall–Kier alpha value is -2.47. The van der Waals surface area contributed by atoms with Crippen LogP contribution in [-0.2, 0) is 9.59 Å². The maximum atomic E-state index is 12.5. The van der Waals surface area contributed by atoms with Gasteiger partial charge in [0.25, 0.3) is 5.91 Å². The molecular weight excluding hydrogens is 384 g/mol. The lowest BCUT2D eigenvalue weighted by molar-refractivity contribution is -0.140. The highest BCUT2D eigenvalue weighted by molar-refractivity contribution is 9.10. The zero-order valence-electron chi connectivity index (χ0n) is 13.5. The Morgan fingerprint density at radius 3 is 2.32 bits per heavy atom. The van der Waals surface area contributed by atoms with Crippen molar-refractivity contribution in [2.45, 2.75) is 6.04 Å². The predicted octanol–water partition coefficient (Wildman–Crippen LogP) is 2.67. The Morgan fingerprint density at radius 1 is 1.04 bits per heavy atom. The van der Waals surface area contributed by atoms with Gasteiger partial charge in [-0.3, -0.25) is 9.59 Å². The number of carbonyl (C=O) groups is 3. The van der Waals surface area contributed by atoms with Gasteiger partial charge in [0.2, 0.25) is 5.91 Å². The molecule has 5 nitrogen and oxygen atoms in total. The molecule has 2 aromatic rings. The molecule has 1 atom stereocenters. The van der Waals surface area contributed by atoms with Crippen molar-refractivity contribution in [3.05, 3.63) is 70.2 Å². The first-order chi connectivity index (χ1) is 12.1. The highest BCUT2D eigenvalue weighted by Gasteiger charge is 2.32. The molecule has 1 heterocycles. The molecule has 2 amide bonds. The summed E-state index contributed by atoms with van der Waals surface area (Å²) in [6.45, 7) is 0.712. The largest absolute Gasteiger partial charge is 0.328 e. The third kappa shape index (κ3) is 3.79. The summed E-state index contributed by atoms with van der Waals surface area (Å²) < 4.78 is 0.890. The first-order valence-electron chi connectivity index (χ1n) is 7.94. The van der Waals surface area contributed by atoms with Crippen LogP contribution >= 0.6 is 15.9 Å². The number of amides is 2. The van der Waals surface area contributed by atoms with Gasteiger partial charge in [-0.05, 0) is 29.8 Å². The highest BCUT2D eigenvalue weighted by atomic mass is 79.9. The number of halogens is 1. The third-order valence-corrected chi connectivity index (χ3v) is 4.77. The van der Waals surface area contributed by atoms with E-state index in [-0.39, 0.29) is 18.4 Å². The van der Waals surface area contributed by atoms with Crippen LogP contribution in [0.1, 0.15) is 22.0 Å². The van der Waals surface area contributed by atoms with Gasteiger partial charge in [0, 0.05) is 23.1 Å². The molecule has 0 aliphatic carbocycles. The Kier molecular flexibility index (Phi) is 5.28. The lowest BCUT2D eigenvalue weighted by Gasteiger charge is -2.37. The highest BCUT2D eigenvalue weighted by Crippen LogP contribution is 2.22. The fourth-order valence-electron chi connectivity index (χ4n) is 2.91. The Morgan fingerprint density at radius 2 is 1.72 bits per heavy atom. The molecule has 1 aliphatic rings. The second-order valence-corrected chi connectivity index (χ2v) is 6.73. The molecule has 1 fully saturated rings. The lowest BCUT2D eigenvalue weighted by atomic mass is 10.1. The number of aldehydes is 1. The van der Waals surface area contributed by atoms with Gasteiger partial charge in [-0.1, -0.05) is 46.3 Å². The predicted molar refractivity (Wildman–Crippen MR) is 97.0 cm³/mol. The van der Waals surface area contributed by atoms with Crippen molar-refractivity contribution in [2.75, 3.05) is 19.6 Å². The Bertz CT molecular complexity index is 777. The second-order valence-electron chi connectivity index (χ2n) is 5.81. The number of hydrogen-bond donors (Lipinski definition) is 0. The van der Waals surface area contributed by atoms with E-state index in [9.17, 15) is 14.4 Å². The van der Waals surface area contributed by atoms with Crippen LogP contribution in [0.4, 0.5) is 0 Å². The SMILES string of the molecule is O=CC(c1ccccc1)N1CCN(C(=O)c2ccc(Br)cc2)CC1=O. The average molecular weight is 401 g/mol. The van der Waals surface area contributed by atoms with E-state index in [4.69, 9.17) is 0 Å². The van der Waals surface area contributed by atoms with E-state index in [0.29, 0.717) is 18.7 Å². The zero-order valence-corrected chi connectivity index (χ0v) is 15.1. The Balaban J connectivity index is 1.72. The smallest absolute Gasteiger partial charge is 0.254 e. The molecule has 6 heteroatoms. The minimum Gasteiger partial charge on any atom is -0.328 e. The van der Waals surface area contributed by atoms with E-state index >= 15 is 0 Å². The summed E-state index contributed by atoms with van der Waals surface area (Å²) in [5.74, 6) is -0.402. The maximum absolute atomic E-state index is 12.5. The zero-order chi connectivity index (χ0) is 17.8. The van der Waals surface area contributed by atoms with Gasteiger partial charge in [-0.15, -0.1) is 0 Å². The standard InChI is InChI=1S/C19H17BrN2O3/c20-16-8-6-15(7-9-16)19(25)21-10-11-22(18(24)12-21)17(13-23)14-4-2-1-3-5-14/h1-9,13,17H,10-12H2. The molecule has 0 saturated carbocycles. The van der Waals surface area contributed by atoms with E-state index in [2.05, 4.69) is 15.9 Å². The fourth-order valence-corrected chi connectivity index (χ4v) is 3.18. The number of hydrogen-bond acceptors (Lipinski definition) is 3. The van der Waals surface area contributed by atoms with Gasteiger partial charge in [0.05, 0.1) is 0 Å². The minimum atomic E-state index is -0.612. The molecule has 1 aliphatic heterocycles. The van der Waals surface area contributed by atoms with Crippen molar-refractivity contribution in [2.24, 2.45) is 0 Å². The molecule has 1 unspecified atom stereocenters. The van der Waals surface area contributed by atoms with Gasteiger partial charge < -0.3 is 14.6 Å². The first-order valence-corrected chi connectivity index (χ1v) is 8.74. The molecule has 0 aromatic heterocycles. The average Bonchev–Trinajstić information content (AvgIpc) is 2.64. The van der Waals surface area contributed by atoms with Crippen LogP contribution in [0.15, 0.2) is 59.1 Å². The van der Waals surface area contributed by atoms with Crippen molar-refractivity contribution < 1.29 is 14.4 Å². The number of nitrogens with zero attached hydrogens (tertiary/aromatic N) is 2. The summed E-state index contributed by atoms with van der Waals surface area (Å²) in [6, 6.07) is 15.6. The molecular formula is C19H17BrN2O3. The number of carbonyl (C=O) groups excluding carboxylic acids is 3. The fraction of sp³-hybridized carbons (Fsp3) is 0.211. The van der Waals surface area contributed by atoms with Gasteiger partial charge in [-0.2, -0.15) is 0 Å². The van der Waals surface area contributed by atoms with Crippen molar-refractivity contribution in [3.8, 4) is 0 Å². The number of rotatable bonds is 4. The Labute approximate surface area is 154 Å². The van der Waals surface area contributed by atoms with Crippen LogP contribution in [0.3, 0.4) is 0 Å². The molecule has 128 valence electrons. The van der Waals surface area contributed by atoms with E-state index in [1.807, 2.05) is 30.3 Å². The lowest BCUT2D eigenvalue weighted by Crippen LogP contribution is -2.53. The van der Waals surface area contributed by atoms with Crippen molar-refractivity contribution in [1.29, 1.82) is 0 Å². The van der Waals surface area contributed by atoms with Crippen molar-refractivity contribution in [1.82, 2.24) is 9.80 Å². The summed E-state index contributed by atoms with van der Waals surface area (Å²) in [5, 5.41) is 0. The van der Waals surface area contributed by atoms with Crippen molar-refractivity contribution >= 4 is 34.0 Å². The van der Waals surface area contributed by atoms with E-state index in [1.165, 1.54) is 9.80 Å². The van der Waals surface area contributed by atoms with Crippen LogP contribution in [0.25, 0.3) is 0 Å². The van der Waals surface area contributed by atoms with E-state index in [1.54, 1.807) is 24.3 Å². The summed E-state index contributed by atoms with van der Waals surface area (Å²) in [7, 11) is 0. The summed E-state index contributed by atoms with van der Waals surface area (Å²) in [5.41, 5.74) is 1.32. The van der Waals surface area contributed by atoms with Gasteiger partial charge in [0.1, 0.15) is 18.9 Å². The van der Waals surface area contributed by atoms with Crippen LogP contribution in [0.5, 0.6) is 0 Å². The van der Waals surface area contributed by atoms with E-state index < -0.39 is 6.04 Å². The number of benzene rings is 2. The molecule has 1 saturated heterocycles. The van der Waals surface area contributed by atoms with Gasteiger partial charge in [-0.25, -0.2) is 0 Å². The first kappa shape index (κ1) is 17.4. The van der Waals surface area contributed by atoms with Crippen LogP contribution < -0.4 is 0 Å². The topological polar surface area (TPSA) is 57.7 Å². The molecule has 25 heavy (non-hydrogen) atoms. The van der Waals surface area contributed by atoms with Gasteiger partial charge >= 0.3 is 0 Å². The summed E-state index contributed by atoms with van der Waals surface area (Å²) in [6.07, 6.45) is 0.777. The van der Waals surface area contributed by atoms with E-state index in [0.717, 1.165) is 16.3 Å². The maximum Gasteiger partial charge on any atom is 0.254 e.